The fourth-order valence-electron chi connectivity index (χ4n) is 2.50. The highest BCUT2D eigenvalue weighted by atomic mass is 79.9. The molecule has 0 saturated heterocycles. The molecule has 3 rings (SSSR count). The molecule has 0 aliphatic heterocycles. The number of allylic oxidation sites excluding steroid dienone is 2. The van der Waals surface area contributed by atoms with Crippen LogP contribution in [0.5, 0.6) is 0 Å². The lowest BCUT2D eigenvalue weighted by Gasteiger charge is -2.26. The minimum Gasteiger partial charge on any atom is -0.358 e. The molecule has 1 atom stereocenters. The first-order valence-corrected chi connectivity index (χ1v) is 7.98. The maximum absolute atomic E-state index is 14.5. The molecule has 0 fully saturated rings. The molecule has 0 radical (unpaired) electrons. The van der Waals surface area contributed by atoms with Gasteiger partial charge in [0.1, 0.15) is 0 Å². The van der Waals surface area contributed by atoms with Crippen molar-refractivity contribution >= 4 is 33.1 Å². The number of hydrogen-bond donors (Lipinski definition) is 1. The Labute approximate surface area is 141 Å². The second-order valence-electron chi connectivity index (χ2n) is 5.19. The number of benzene rings is 2. The summed E-state index contributed by atoms with van der Waals surface area (Å²) in [6, 6.07) is 17.3. The number of hydrogen-bond acceptors (Lipinski definition) is 1. The molecular weight excluding hydrogens is 367 g/mol. The van der Waals surface area contributed by atoms with Crippen molar-refractivity contribution in [2.24, 2.45) is 0 Å². The Bertz CT molecular complexity index is 766. The first-order chi connectivity index (χ1) is 10.5. The molecule has 1 N–H and O–H groups in total. The molecule has 4 heteroatoms. The van der Waals surface area contributed by atoms with E-state index in [1.165, 1.54) is 6.08 Å². The quantitative estimate of drug-likeness (QED) is 0.715. The molecule has 0 spiro atoms. The van der Waals surface area contributed by atoms with E-state index < -0.39 is 5.85 Å². The van der Waals surface area contributed by atoms with E-state index in [9.17, 15) is 9.50 Å². The fourth-order valence-corrected chi connectivity index (χ4v) is 3.10. The van der Waals surface area contributed by atoms with Gasteiger partial charge in [0.05, 0.1) is 0 Å². The molecule has 0 bridgehead atoms. The molecular formula is C18H13BrClFO. The van der Waals surface area contributed by atoms with E-state index >= 15 is 0 Å². The van der Waals surface area contributed by atoms with Crippen molar-refractivity contribution < 1.29 is 9.50 Å². The Morgan fingerprint density at radius 3 is 2.36 bits per heavy atom. The molecule has 22 heavy (non-hydrogen) atoms. The van der Waals surface area contributed by atoms with Gasteiger partial charge in [-0.2, -0.15) is 0 Å². The third-order valence-corrected chi connectivity index (χ3v) is 4.89. The highest BCUT2D eigenvalue weighted by Gasteiger charge is 2.36. The topological polar surface area (TPSA) is 20.2 Å². The molecule has 0 heterocycles. The summed E-state index contributed by atoms with van der Waals surface area (Å²) < 4.78 is 15.1. The number of aliphatic hydroxyl groups is 1. The summed E-state index contributed by atoms with van der Waals surface area (Å²) in [5.41, 5.74) is 2.84. The number of rotatable bonds is 2. The Kier molecular flexibility index (Phi) is 4.22. The molecule has 112 valence electrons. The van der Waals surface area contributed by atoms with Gasteiger partial charge in [-0.25, -0.2) is 4.39 Å². The van der Waals surface area contributed by atoms with Crippen LogP contribution >= 0.6 is 27.5 Å². The van der Waals surface area contributed by atoms with Crippen molar-refractivity contribution in [1.29, 1.82) is 0 Å². The van der Waals surface area contributed by atoms with Crippen LogP contribution < -0.4 is 0 Å². The van der Waals surface area contributed by atoms with E-state index in [-0.39, 0.29) is 17.0 Å². The third kappa shape index (κ3) is 3.02. The van der Waals surface area contributed by atoms with Gasteiger partial charge in [0.2, 0.25) is 5.85 Å². The minimum atomic E-state index is -2.47. The van der Waals surface area contributed by atoms with Crippen LogP contribution in [0.2, 0.25) is 0 Å². The zero-order valence-electron chi connectivity index (χ0n) is 11.6. The first kappa shape index (κ1) is 15.5. The van der Waals surface area contributed by atoms with Crippen LogP contribution in [-0.4, -0.2) is 11.0 Å². The van der Waals surface area contributed by atoms with Crippen LogP contribution in [0.25, 0.3) is 16.7 Å². The lowest BCUT2D eigenvalue weighted by atomic mass is 9.90. The van der Waals surface area contributed by atoms with E-state index in [0.29, 0.717) is 10.0 Å². The van der Waals surface area contributed by atoms with Crippen LogP contribution in [0.4, 0.5) is 4.39 Å². The fraction of sp³-hybridized carbons (Fsp3) is 0.111. The number of alkyl halides is 1. The van der Waals surface area contributed by atoms with Crippen molar-refractivity contribution in [3.05, 3.63) is 75.8 Å². The monoisotopic (exact) mass is 378 g/mol. The van der Waals surface area contributed by atoms with E-state index in [2.05, 4.69) is 15.9 Å². The van der Waals surface area contributed by atoms with Crippen LogP contribution in [0, 0.1) is 0 Å². The molecule has 1 unspecified atom stereocenters. The zero-order valence-corrected chi connectivity index (χ0v) is 13.9. The highest BCUT2D eigenvalue weighted by molar-refractivity contribution is 9.12. The van der Waals surface area contributed by atoms with Crippen LogP contribution in [0.3, 0.4) is 0 Å². The Balaban J connectivity index is 2.08. The zero-order chi connectivity index (χ0) is 15.7. The third-order valence-electron chi connectivity index (χ3n) is 3.61. The van der Waals surface area contributed by atoms with Gasteiger partial charge in [-0.15, -0.1) is 0 Å². The maximum Gasteiger partial charge on any atom is 0.238 e. The molecule has 1 aliphatic carbocycles. The molecule has 0 saturated carbocycles. The lowest BCUT2D eigenvalue weighted by Crippen LogP contribution is -2.26. The predicted octanol–water partition coefficient (Wildman–Crippen LogP) is 5.64. The summed E-state index contributed by atoms with van der Waals surface area (Å²) >= 11 is 9.22. The van der Waals surface area contributed by atoms with Crippen LogP contribution in [-0.2, 0) is 0 Å². The van der Waals surface area contributed by atoms with E-state index in [1.807, 2.05) is 48.5 Å². The van der Waals surface area contributed by atoms with E-state index in [4.69, 9.17) is 11.6 Å². The van der Waals surface area contributed by atoms with Crippen molar-refractivity contribution in [2.75, 3.05) is 0 Å². The van der Waals surface area contributed by atoms with Gasteiger partial charge < -0.3 is 5.11 Å². The van der Waals surface area contributed by atoms with E-state index in [0.717, 1.165) is 11.1 Å². The van der Waals surface area contributed by atoms with Crippen molar-refractivity contribution in [2.45, 2.75) is 12.3 Å². The second kappa shape index (κ2) is 5.99. The van der Waals surface area contributed by atoms with Crippen molar-refractivity contribution in [3.8, 4) is 11.1 Å². The SMILES string of the molecule is OC1(F)CC(Cl)=C(Br)C=C1c1cccc(-c2ccccc2)c1. The van der Waals surface area contributed by atoms with Crippen molar-refractivity contribution in [3.63, 3.8) is 0 Å². The second-order valence-corrected chi connectivity index (χ2v) is 6.50. The normalized spacial score (nSPS) is 21.7. The summed E-state index contributed by atoms with van der Waals surface area (Å²) in [5, 5.41) is 10.3. The summed E-state index contributed by atoms with van der Waals surface area (Å²) in [4.78, 5) is 0. The van der Waals surface area contributed by atoms with Gasteiger partial charge in [-0.3, -0.25) is 0 Å². The molecule has 2 aromatic carbocycles. The lowest BCUT2D eigenvalue weighted by molar-refractivity contribution is -0.0290. The average Bonchev–Trinajstić information content (AvgIpc) is 2.51. The molecule has 0 amide bonds. The van der Waals surface area contributed by atoms with E-state index in [1.54, 1.807) is 6.07 Å². The smallest absolute Gasteiger partial charge is 0.238 e. The Hall–Kier alpha value is -1.42. The van der Waals surface area contributed by atoms with Gasteiger partial charge in [0, 0.05) is 21.5 Å². The maximum atomic E-state index is 14.5. The largest absolute Gasteiger partial charge is 0.358 e. The molecule has 2 aromatic rings. The first-order valence-electron chi connectivity index (χ1n) is 6.81. The predicted molar refractivity (Wildman–Crippen MR) is 92.3 cm³/mol. The summed E-state index contributed by atoms with van der Waals surface area (Å²) in [7, 11) is 0. The minimum absolute atomic E-state index is 0.210. The van der Waals surface area contributed by atoms with Crippen LogP contribution in [0.1, 0.15) is 12.0 Å². The van der Waals surface area contributed by atoms with Gasteiger partial charge in [0.15, 0.2) is 0 Å². The molecule has 1 nitrogen and oxygen atoms in total. The summed E-state index contributed by atoms with van der Waals surface area (Å²) in [6.45, 7) is 0. The van der Waals surface area contributed by atoms with Gasteiger partial charge in [0.25, 0.3) is 0 Å². The summed E-state index contributed by atoms with van der Waals surface area (Å²) in [5.74, 6) is -2.47. The molecule has 1 aliphatic rings. The standard InChI is InChI=1S/C18H13BrClFO/c19-16-10-15(18(21,22)11-17(16)20)14-8-4-7-13(9-14)12-5-2-1-3-6-12/h1-10,22H,11H2. The van der Waals surface area contributed by atoms with Crippen molar-refractivity contribution in [1.82, 2.24) is 0 Å². The average molecular weight is 380 g/mol. The summed E-state index contributed by atoms with van der Waals surface area (Å²) in [6.07, 6.45) is 1.28. The Morgan fingerprint density at radius 2 is 1.64 bits per heavy atom. The Morgan fingerprint density at radius 1 is 1.00 bits per heavy atom. The van der Waals surface area contributed by atoms with Crippen LogP contribution in [0.15, 0.2) is 70.2 Å². The molecule has 0 aromatic heterocycles. The highest BCUT2D eigenvalue weighted by Crippen LogP contribution is 2.43. The van der Waals surface area contributed by atoms with Gasteiger partial charge in [-0.1, -0.05) is 60.1 Å². The van der Waals surface area contributed by atoms with Gasteiger partial charge >= 0.3 is 0 Å². The number of halogens is 3. The van der Waals surface area contributed by atoms with Gasteiger partial charge in [-0.05, 0) is 44.8 Å².